The first kappa shape index (κ1) is 15.8. The van der Waals surface area contributed by atoms with Crippen LogP contribution in [0.25, 0.3) is 0 Å². The lowest BCUT2D eigenvalue weighted by molar-refractivity contribution is 0.289. The highest BCUT2D eigenvalue weighted by Crippen LogP contribution is 2.28. The van der Waals surface area contributed by atoms with Crippen LogP contribution in [0.1, 0.15) is 37.7 Å². The zero-order chi connectivity index (χ0) is 14.6. The largest absolute Gasteiger partial charge is 0.274 e. The fraction of sp³-hybridized carbons (Fsp3) is 0.571. The van der Waals surface area contributed by atoms with Crippen molar-refractivity contribution >= 4 is 21.8 Å². The number of nitrogens with two attached hydrogens (primary N) is 1. The average molecular weight is 317 g/mol. The Bertz CT molecular complexity index is 525. The summed E-state index contributed by atoms with van der Waals surface area (Å²) in [6.45, 7) is 0. The van der Waals surface area contributed by atoms with E-state index in [-0.39, 0.29) is 6.04 Å². The molecule has 0 amide bonds. The Kier molecular flexibility index (Phi) is 5.43. The molecule has 1 aliphatic carbocycles. The second-order valence-corrected chi connectivity index (χ2v) is 7.26. The van der Waals surface area contributed by atoms with Gasteiger partial charge in [0.25, 0.3) is 10.2 Å². The molecule has 0 saturated heterocycles. The lowest BCUT2D eigenvalue weighted by Crippen LogP contribution is -2.45. The third kappa shape index (κ3) is 5.05. The molecule has 20 heavy (non-hydrogen) atoms. The van der Waals surface area contributed by atoms with E-state index in [4.69, 9.17) is 16.7 Å². The SMILES string of the molecule is NS(=O)(=O)NC(Cc1ccc(Cl)cc1)C1CCCCC1. The van der Waals surface area contributed by atoms with Gasteiger partial charge in [0.2, 0.25) is 0 Å². The molecule has 4 nitrogen and oxygen atoms in total. The smallest absolute Gasteiger partial charge is 0.216 e. The number of hydrogen-bond acceptors (Lipinski definition) is 2. The lowest BCUT2D eigenvalue weighted by atomic mass is 9.82. The van der Waals surface area contributed by atoms with Gasteiger partial charge in [-0.05, 0) is 42.9 Å². The van der Waals surface area contributed by atoms with Crippen molar-refractivity contribution in [3.05, 3.63) is 34.9 Å². The van der Waals surface area contributed by atoms with Crippen molar-refractivity contribution in [2.45, 2.75) is 44.6 Å². The van der Waals surface area contributed by atoms with Crippen molar-refractivity contribution in [3.8, 4) is 0 Å². The highest BCUT2D eigenvalue weighted by atomic mass is 35.5. The van der Waals surface area contributed by atoms with Crippen molar-refractivity contribution in [1.29, 1.82) is 0 Å². The summed E-state index contributed by atoms with van der Waals surface area (Å²) in [4.78, 5) is 0. The molecule has 112 valence electrons. The maximum Gasteiger partial charge on any atom is 0.274 e. The predicted octanol–water partition coefficient (Wildman–Crippen LogP) is 2.62. The number of hydrogen-bond donors (Lipinski definition) is 2. The normalized spacial score (nSPS) is 18.9. The van der Waals surface area contributed by atoms with Crippen molar-refractivity contribution in [2.24, 2.45) is 11.1 Å². The molecule has 0 spiro atoms. The molecule has 1 aromatic carbocycles. The van der Waals surface area contributed by atoms with E-state index >= 15 is 0 Å². The van der Waals surface area contributed by atoms with Gasteiger partial charge in [-0.3, -0.25) is 0 Å². The molecule has 0 heterocycles. The Morgan fingerprint density at radius 2 is 1.80 bits per heavy atom. The Morgan fingerprint density at radius 1 is 1.20 bits per heavy atom. The van der Waals surface area contributed by atoms with Crippen LogP contribution in [-0.2, 0) is 16.6 Å². The van der Waals surface area contributed by atoms with E-state index < -0.39 is 10.2 Å². The van der Waals surface area contributed by atoms with E-state index in [9.17, 15) is 8.42 Å². The van der Waals surface area contributed by atoms with Crippen LogP contribution in [0.15, 0.2) is 24.3 Å². The zero-order valence-corrected chi connectivity index (χ0v) is 13.0. The quantitative estimate of drug-likeness (QED) is 0.876. The zero-order valence-electron chi connectivity index (χ0n) is 11.4. The van der Waals surface area contributed by atoms with Gasteiger partial charge in [-0.15, -0.1) is 0 Å². The Balaban J connectivity index is 2.10. The van der Waals surface area contributed by atoms with Gasteiger partial charge in [-0.1, -0.05) is 43.0 Å². The minimum Gasteiger partial charge on any atom is -0.216 e. The lowest BCUT2D eigenvalue weighted by Gasteiger charge is -2.30. The van der Waals surface area contributed by atoms with Gasteiger partial charge < -0.3 is 0 Å². The molecule has 1 unspecified atom stereocenters. The van der Waals surface area contributed by atoms with Crippen LogP contribution < -0.4 is 9.86 Å². The monoisotopic (exact) mass is 316 g/mol. The summed E-state index contributed by atoms with van der Waals surface area (Å²) < 4.78 is 25.4. The average Bonchev–Trinajstić information content (AvgIpc) is 2.40. The fourth-order valence-electron chi connectivity index (χ4n) is 2.93. The number of rotatable bonds is 5. The van der Waals surface area contributed by atoms with Crippen molar-refractivity contribution in [3.63, 3.8) is 0 Å². The van der Waals surface area contributed by atoms with Gasteiger partial charge in [-0.2, -0.15) is 13.1 Å². The predicted molar refractivity (Wildman–Crippen MR) is 81.8 cm³/mol. The molecule has 1 saturated carbocycles. The number of benzene rings is 1. The van der Waals surface area contributed by atoms with E-state index in [0.717, 1.165) is 31.2 Å². The van der Waals surface area contributed by atoms with Crippen molar-refractivity contribution in [1.82, 2.24) is 4.72 Å². The Morgan fingerprint density at radius 3 is 2.35 bits per heavy atom. The first-order chi connectivity index (χ1) is 9.44. The molecule has 1 fully saturated rings. The molecule has 1 atom stereocenters. The number of halogens is 1. The summed E-state index contributed by atoms with van der Waals surface area (Å²) in [6.07, 6.45) is 6.32. The Hall–Kier alpha value is -0.620. The minimum absolute atomic E-state index is 0.133. The van der Waals surface area contributed by atoms with E-state index in [1.54, 1.807) is 0 Å². The molecule has 0 bridgehead atoms. The van der Waals surface area contributed by atoms with E-state index in [0.29, 0.717) is 17.4 Å². The van der Waals surface area contributed by atoms with Crippen LogP contribution in [0.2, 0.25) is 5.02 Å². The molecule has 3 N–H and O–H groups in total. The summed E-state index contributed by atoms with van der Waals surface area (Å²) in [5.41, 5.74) is 1.07. The van der Waals surface area contributed by atoms with E-state index in [2.05, 4.69) is 4.72 Å². The highest BCUT2D eigenvalue weighted by Gasteiger charge is 2.26. The minimum atomic E-state index is -3.68. The second kappa shape index (κ2) is 6.89. The van der Waals surface area contributed by atoms with Gasteiger partial charge in [0, 0.05) is 11.1 Å². The van der Waals surface area contributed by atoms with Gasteiger partial charge in [0.1, 0.15) is 0 Å². The van der Waals surface area contributed by atoms with Crippen LogP contribution in [0, 0.1) is 5.92 Å². The molecule has 6 heteroatoms. The summed E-state index contributed by atoms with van der Waals surface area (Å²) in [7, 11) is -3.68. The topological polar surface area (TPSA) is 72.2 Å². The Labute approximate surface area is 125 Å². The maximum atomic E-state index is 11.4. The summed E-state index contributed by atoms with van der Waals surface area (Å²) in [5, 5.41) is 5.84. The number of nitrogens with one attached hydrogen (secondary N) is 1. The van der Waals surface area contributed by atoms with Crippen LogP contribution >= 0.6 is 11.6 Å². The third-order valence-electron chi connectivity index (χ3n) is 3.90. The van der Waals surface area contributed by atoms with E-state index in [1.165, 1.54) is 6.42 Å². The van der Waals surface area contributed by atoms with Crippen LogP contribution in [0.5, 0.6) is 0 Å². The summed E-state index contributed by atoms with van der Waals surface area (Å²) in [6, 6.07) is 7.38. The van der Waals surface area contributed by atoms with Gasteiger partial charge >= 0.3 is 0 Å². The van der Waals surface area contributed by atoms with Gasteiger partial charge in [0.15, 0.2) is 0 Å². The second-order valence-electron chi connectivity index (χ2n) is 5.50. The van der Waals surface area contributed by atoms with Crippen LogP contribution in [0.4, 0.5) is 0 Å². The molecule has 0 radical (unpaired) electrons. The first-order valence-electron chi connectivity index (χ1n) is 6.98. The molecule has 2 rings (SSSR count). The van der Waals surface area contributed by atoms with Crippen molar-refractivity contribution in [2.75, 3.05) is 0 Å². The third-order valence-corrected chi connectivity index (χ3v) is 4.79. The van der Waals surface area contributed by atoms with Crippen LogP contribution in [-0.4, -0.2) is 14.5 Å². The molecular weight excluding hydrogens is 296 g/mol. The molecule has 0 aliphatic heterocycles. The van der Waals surface area contributed by atoms with Gasteiger partial charge in [-0.25, -0.2) is 5.14 Å². The summed E-state index contributed by atoms with van der Waals surface area (Å²) >= 11 is 5.87. The van der Waals surface area contributed by atoms with Crippen molar-refractivity contribution < 1.29 is 8.42 Å². The fourth-order valence-corrected chi connectivity index (χ4v) is 3.75. The highest BCUT2D eigenvalue weighted by molar-refractivity contribution is 7.87. The maximum absolute atomic E-state index is 11.4. The molecular formula is C14H21ClN2O2S. The van der Waals surface area contributed by atoms with E-state index in [1.807, 2.05) is 24.3 Å². The standard InChI is InChI=1S/C14H21ClN2O2S/c15-13-8-6-11(7-9-13)10-14(17-20(16,18)19)12-4-2-1-3-5-12/h6-9,12,14,17H,1-5,10H2,(H2,16,18,19). The summed E-state index contributed by atoms with van der Waals surface area (Å²) in [5.74, 6) is 0.359. The first-order valence-corrected chi connectivity index (χ1v) is 8.91. The van der Waals surface area contributed by atoms with Crippen LogP contribution in [0.3, 0.4) is 0 Å². The molecule has 1 aliphatic rings. The van der Waals surface area contributed by atoms with Gasteiger partial charge in [0.05, 0.1) is 0 Å². The molecule has 0 aromatic heterocycles. The molecule has 1 aromatic rings.